The molecule has 0 bridgehead atoms. The maximum atomic E-state index is 12.2. The molecule has 0 radical (unpaired) electrons. The summed E-state index contributed by atoms with van der Waals surface area (Å²) in [6.45, 7) is 3.74. The van der Waals surface area contributed by atoms with E-state index >= 15 is 0 Å². The molecule has 1 aliphatic rings. The number of thiocarbonyl (C=S) groups is 1. The molecule has 26 heavy (non-hydrogen) atoms. The quantitative estimate of drug-likeness (QED) is 0.583. The predicted molar refractivity (Wildman–Crippen MR) is 103 cm³/mol. The van der Waals surface area contributed by atoms with E-state index in [1.807, 2.05) is 13.8 Å². The van der Waals surface area contributed by atoms with Crippen LogP contribution in [0.4, 0.5) is 0 Å². The number of hydrogen-bond donors (Lipinski definition) is 1. The molecule has 1 aromatic carbocycles. The summed E-state index contributed by atoms with van der Waals surface area (Å²) in [6.07, 6.45) is 2.00. The van der Waals surface area contributed by atoms with Crippen LogP contribution in [0.3, 0.4) is 0 Å². The molecule has 0 saturated carbocycles. The number of carboxylic acids is 1. The van der Waals surface area contributed by atoms with E-state index in [9.17, 15) is 19.5 Å². The lowest BCUT2D eigenvalue weighted by atomic mass is 10.0. The van der Waals surface area contributed by atoms with Gasteiger partial charge in [0.05, 0.1) is 16.9 Å². The number of likely N-dealkylation sites (N-methyl/N-ethyl adjacent to an activating group) is 1. The highest BCUT2D eigenvalue weighted by atomic mass is 32.2. The third-order valence-electron chi connectivity index (χ3n) is 3.75. The predicted octanol–water partition coefficient (Wildman–Crippen LogP) is 1.41. The number of aliphatic carboxylic acids is 1. The lowest BCUT2D eigenvalue weighted by Crippen LogP contribution is -2.48. The summed E-state index contributed by atoms with van der Waals surface area (Å²) < 4.78 is 0.496. The molecule has 1 aromatic rings. The van der Waals surface area contributed by atoms with Gasteiger partial charge >= 0.3 is 0 Å². The van der Waals surface area contributed by atoms with E-state index in [2.05, 4.69) is 5.32 Å². The van der Waals surface area contributed by atoms with Crippen molar-refractivity contribution in [2.75, 3.05) is 7.05 Å². The average Bonchev–Trinajstić information content (AvgIpc) is 2.81. The summed E-state index contributed by atoms with van der Waals surface area (Å²) in [5.41, 5.74) is 1.08. The summed E-state index contributed by atoms with van der Waals surface area (Å²) >= 11 is 6.30. The van der Waals surface area contributed by atoms with Crippen molar-refractivity contribution in [3.8, 4) is 0 Å². The molecule has 2 rings (SSSR count). The molecule has 138 valence electrons. The number of carbonyl (C=O) groups is 3. The molecular weight excluding hydrogens is 372 g/mol. The van der Waals surface area contributed by atoms with Gasteiger partial charge in [0.1, 0.15) is 4.32 Å². The molecule has 8 heteroatoms. The summed E-state index contributed by atoms with van der Waals surface area (Å²) in [6, 6.07) is 5.50. The third-order valence-corrected chi connectivity index (χ3v) is 5.24. The van der Waals surface area contributed by atoms with Crippen LogP contribution in [0.15, 0.2) is 29.2 Å². The Balaban J connectivity index is 2.09. The van der Waals surface area contributed by atoms with Gasteiger partial charge in [0, 0.05) is 12.6 Å². The number of nitrogens with zero attached hydrogens (tertiary/aromatic N) is 1. The van der Waals surface area contributed by atoms with Crippen LogP contribution >= 0.6 is 24.0 Å². The molecule has 1 N–H and O–H groups in total. The van der Waals surface area contributed by atoms with Crippen molar-refractivity contribution < 1.29 is 19.5 Å². The van der Waals surface area contributed by atoms with Crippen LogP contribution in [-0.2, 0) is 9.59 Å². The zero-order valence-electron chi connectivity index (χ0n) is 14.6. The van der Waals surface area contributed by atoms with Gasteiger partial charge in [-0.05, 0) is 36.1 Å². The molecule has 0 aromatic heterocycles. The smallest absolute Gasteiger partial charge is 0.265 e. The minimum Gasteiger partial charge on any atom is -0.548 e. The first kappa shape index (κ1) is 20.1. The lowest BCUT2D eigenvalue weighted by Gasteiger charge is -2.21. The Kier molecular flexibility index (Phi) is 6.55. The molecule has 1 saturated heterocycles. The summed E-state index contributed by atoms with van der Waals surface area (Å²) in [5.74, 6) is -1.83. The number of hydrogen-bond acceptors (Lipinski definition) is 6. The number of benzene rings is 1. The van der Waals surface area contributed by atoms with Gasteiger partial charge in [-0.2, -0.15) is 0 Å². The molecular formula is C18H19N2O4S2-. The van der Waals surface area contributed by atoms with Crippen molar-refractivity contribution in [3.63, 3.8) is 0 Å². The Morgan fingerprint density at radius 3 is 2.38 bits per heavy atom. The van der Waals surface area contributed by atoms with Gasteiger partial charge < -0.3 is 15.2 Å². The molecule has 1 atom stereocenters. The Labute approximate surface area is 161 Å². The van der Waals surface area contributed by atoms with E-state index in [1.165, 1.54) is 16.7 Å². The van der Waals surface area contributed by atoms with Crippen LogP contribution in [0, 0.1) is 5.92 Å². The number of rotatable bonds is 6. The summed E-state index contributed by atoms with van der Waals surface area (Å²) in [4.78, 5) is 37.3. The van der Waals surface area contributed by atoms with Crippen LogP contribution < -0.4 is 10.4 Å². The van der Waals surface area contributed by atoms with Gasteiger partial charge in [0.15, 0.2) is 0 Å². The largest absolute Gasteiger partial charge is 0.548 e. The highest BCUT2D eigenvalue weighted by molar-refractivity contribution is 8.26. The van der Waals surface area contributed by atoms with Gasteiger partial charge in [-0.3, -0.25) is 14.5 Å². The zero-order chi connectivity index (χ0) is 19.4. The number of nitrogens with one attached hydrogen (secondary N) is 1. The first-order chi connectivity index (χ1) is 12.2. The minimum atomic E-state index is -1.30. The highest BCUT2D eigenvalue weighted by Crippen LogP contribution is 2.31. The van der Waals surface area contributed by atoms with Gasteiger partial charge in [-0.1, -0.05) is 50.0 Å². The minimum absolute atomic E-state index is 0.109. The third kappa shape index (κ3) is 4.92. The molecule has 6 nitrogen and oxygen atoms in total. The highest BCUT2D eigenvalue weighted by Gasteiger charge is 2.28. The number of thioether (sulfide) groups is 1. The Morgan fingerprint density at radius 1 is 1.31 bits per heavy atom. The molecule has 0 unspecified atom stereocenters. The van der Waals surface area contributed by atoms with Crippen LogP contribution in [0.5, 0.6) is 0 Å². The van der Waals surface area contributed by atoms with Crippen molar-refractivity contribution in [2.24, 2.45) is 5.92 Å². The van der Waals surface area contributed by atoms with Crippen LogP contribution in [0.1, 0.15) is 36.2 Å². The standard InChI is InChI=1S/C18H20N2O4S2/c1-10(2)8-13(17(23)24)19-15(21)12-6-4-11(5-7-12)9-14-16(22)20(3)18(25)26-14/h4-7,9-10,13H,8H2,1-3H3,(H,19,21)(H,23,24)/p-1/b14-9+/t13-/m0/s1. The second-order valence-corrected chi connectivity index (χ2v) is 8.01. The fraction of sp³-hybridized carbons (Fsp3) is 0.333. The van der Waals surface area contributed by atoms with Gasteiger partial charge in [-0.15, -0.1) is 0 Å². The molecule has 2 amide bonds. The number of carboxylic acid groups (broad SMARTS) is 1. The molecule has 1 heterocycles. The van der Waals surface area contributed by atoms with Crippen molar-refractivity contribution in [1.29, 1.82) is 0 Å². The molecule has 1 fully saturated rings. The first-order valence-electron chi connectivity index (χ1n) is 8.02. The summed E-state index contributed by atoms with van der Waals surface area (Å²) in [7, 11) is 1.62. The Hall–Kier alpha value is -2.19. The molecule has 0 aliphatic carbocycles. The number of amides is 2. The maximum Gasteiger partial charge on any atom is 0.265 e. The topological polar surface area (TPSA) is 89.5 Å². The van der Waals surface area contributed by atoms with Crippen molar-refractivity contribution in [1.82, 2.24) is 10.2 Å². The van der Waals surface area contributed by atoms with E-state index in [4.69, 9.17) is 12.2 Å². The van der Waals surface area contributed by atoms with E-state index in [1.54, 1.807) is 37.4 Å². The maximum absolute atomic E-state index is 12.2. The van der Waals surface area contributed by atoms with E-state index in [0.717, 1.165) is 5.56 Å². The molecule has 1 aliphatic heterocycles. The Morgan fingerprint density at radius 2 is 1.92 bits per heavy atom. The van der Waals surface area contributed by atoms with Crippen LogP contribution in [-0.4, -0.2) is 40.1 Å². The van der Waals surface area contributed by atoms with Gasteiger partial charge in [0.2, 0.25) is 0 Å². The van der Waals surface area contributed by atoms with Gasteiger partial charge in [0.25, 0.3) is 11.8 Å². The van der Waals surface area contributed by atoms with Crippen molar-refractivity contribution >= 4 is 52.2 Å². The fourth-order valence-electron chi connectivity index (χ4n) is 2.35. The van der Waals surface area contributed by atoms with E-state index in [0.29, 0.717) is 21.2 Å². The summed E-state index contributed by atoms with van der Waals surface area (Å²) in [5, 5.41) is 13.6. The van der Waals surface area contributed by atoms with Crippen LogP contribution in [0.2, 0.25) is 0 Å². The number of carbonyl (C=O) groups excluding carboxylic acids is 3. The Bertz CT molecular complexity index is 772. The monoisotopic (exact) mass is 391 g/mol. The van der Waals surface area contributed by atoms with Crippen molar-refractivity contribution in [3.05, 3.63) is 40.3 Å². The SMILES string of the molecule is CC(C)C[C@H](NC(=O)c1ccc(/C=C2/SC(=S)N(C)C2=O)cc1)C(=O)[O-]. The van der Waals surface area contributed by atoms with Gasteiger partial charge in [-0.25, -0.2) is 0 Å². The van der Waals surface area contributed by atoms with E-state index in [-0.39, 0.29) is 11.8 Å². The first-order valence-corrected chi connectivity index (χ1v) is 9.25. The lowest BCUT2D eigenvalue weighted by molar-refractivity contribution is -0.308. The second-order valence-electron chi connectivity index (χ2n) is 6.34. The van der Waals surface area contributed by atoms with E-state index < -0.39 is 17.9 Å². The fourth-order valence-corrected chi connectivity index (χ4v) is 3.53. The van der Waals surface area contributed by atoms with Crippen LogP contribution in [0.25, 0.3) is 6.08 Å². The average molecular weight is 391 g/mol. The second kappa shape index (κ2) is 8.46. The molecule has 0 spiro atoms. The zero-order valence-corrected chi connectivity index (χ0v) is 16.3. The van der Waals surface area contributed by atoms with Crippen molar-refractivity contribution in [2.45, 2.75) is 26.3 Å². The normalized spacial score (nSPS) is 17.1.